The van der Waals surface area contributed by atoms with E-state index in [-0.39, 0.29) is 12.3 Å². The summed E-state index contributed by atoms with van der Waals surface area (Å²) < 4.78 is 44.6. The van der Waals surface area contributed by atoms with Crippen molar-refractivity contribution in [3.8, 4) is 0 Å². The van der Waals surface area contributed by atoms with Crippen molar-refractivity contribution < 1.29 is 22.4 Å². The topological polar surface area (TPSA) is 45.5 Å². The number of nitrogens with one attached hydrogen (secondary N) is 1. The van der Waals surface area contributed by atoms with Gasteiger partial charge in [-0.05, 0) is 48.2 Å². The summed E-state index contributed by atoms with van der Waals surface area (Å²) in [7, 11) is 0. The van der Waals surface area contributed by atoms with E-state index in [1.165, 1.54) is 30.9 Å². The van der Waals surface area contributed by atoms with Gasteiger partial charge in [-0.25, -0.2) is 0 Å². The molecule has 0 unspecified atom stereocenters. The molecule has 34 heavy (non-hydrogen) atoms. The van der Waals surface area contributed by atoms with E-state index in [2.05, 4.69) is 22.3 Å². The number of furan rings is 1. The number of hydrogen-bond donors (Lipinski definition) is 1. The molecule has 1 aliphatic rings. The van der Waals surface area contributed by atoms with E-state index >= 15 is 0 Å². The van der Waals surface area contributed by atoms with Gasteiger partial charge >= 0.3 is 6.18 Å². The van der Waals surface area contributed by atoms with Crippen LogP contribution in [0.25, 0.3) is 0 Å². The largest absolute Gasteiger partial charge is 0.455 e. The standard InChI is InChI=1S/C27H29F3N2O2/c28-27(29,30)22-11-7-10-21(16-22)17-31-26(33)25-15-14-24(34-25)19-32(23-12-5-2-6-13-23)18-20-8-3-1-4-9-20/h1,3-4,7-11,14-16,23H,2,5-6,12-13,17-19H2,(H,31,33). The molecule has 1 aromatic heterocycles. The number of amides is 1. The van der Waals surface area contributed by atoms with Crippen molar-refractivity contribution in [1.29, 1.82) is 0 Å². The second-order valence-corrected chi connectivity index (χ2v) is 8.83. The van der Waals surface area contributed by atoms with Crippen molar-refractivity contribution in [2.75, 3.05) is 0 Å². The fourth-order valence-electron chi connectivity index (χ4n) is 4.49. The minimum Gasteiger partial charge on any atom is -0.455 e. The van der Waals surface area contributed by atoms with Crippen LogP contribution in [0.15, 0.2) is 71.1 Å². The van der Waals surface area contributed by atoms with Crippen molar-refractivity contribution >= 4 is 5.91 Å². The second kappa shape index (κ2) is 10.9. The molecule has 4 nitrogen and oxygen atoms in total. The van der Waals surface area contributed by atoms with Crippen molar-refractivity contribution in [3.63, 3.8) is 0 Å². The summed E-state index contributed by atoms with van der Waals surface area (Å²) in [6, 6.07) is 19.1. The van der Waals surface area contributed by atoms with E-state index in [0.717, 1.165) is 31.5 Å². The van der Waals surface area contributed by atoms with Crippen LogP contribution in [0, 0.1) is 0 Å². The minimum atomic E-state index is -4.42. The Balaban J connectivity index is 1.39. The molecule has 0 bridgehead atoms. The highest BCUT2D eigenvalue weighted by Crippen LogP contribution is 2.29. The van der Waals surface area contributed by atoms with Crippen LogP contribution in [-0.2, 0) is 25.8 Å². The molecule has 1 saturated carbocycles. The highest BCUT2D eigenvalue weighted by molar-refractivity contribution is 5.91. The molecule has 1 aliphatic carbocycles. The summed E-state index contributed by atoms with van der Waals surface area (Å²) in [4.78, 5) is 15.0. The molecule has 0 spiro atoms. The Hall–Kier alpha value is -3.06. The van der Waals surface area contributed by atoms with Gasteiger partial charge in [0, 0.05) is 19.1 Å². The molecule has 1 N–H and O–H groups in total. The lowest BCUT2D eigenvalue weighted by Crippen LogP contribution is -2.35. The molecule has 7 heteroatoms. The number of hydrogen-bond acceptors (Lipinski definition) is 3. The number of benzene rings is 2. The average Bonchev–Trinajstić information content (AvgIpc) is 3.32. The predicted molar refractivity (Wildman–Crippen MR) is 124 cm³/mol. The van der Waals surface area contributed by atoms with Gasteiger partial charge in [0.25, 0.3) is 5.91 Å². The summed E-state index contributed by atoms with van der Waals surface area (Å²) in [5.74, 6) is 0.409. The molecule has 1 fully saturated rings. The molecule has 4 rings (SSSR count). The van der Waals surface area contributed by atoms with E-state index in [1.807, 2.05) is 18.2 Å². The molecule has 1 amide bonds. The summed E-state index contributed by atoms with van der Waals surface area (Å²) in [6.07, 6.45) is 1.59. The number of halogens is 3. The van der Waals surface area contributed by atoms with Crippen LogP contribution in [0.5, 0.6) is 0 Å². The first kappa shape index (κ1) is 24.1. The van der Waals surface area contributed by atoms with Gasteiger partial charge in [0.05, 0.1) is 12.1 Å². The molecule has 3 aromatic rings. The van der Waals surface area contributed by atoms with Gasteiger partial charge in [0.1, 0.15) is 5.76 Å². The Morgan fingerprint density at radius 3 is 2.38 bits per heavy atom. The van der Waals surface area contributed by atoms with Gasteiger partial charge in [-0.15, -0.1) is 0 Å². The van der Waals surface area contributed by atoms with Gasteiger partial charge in [0.2, 0.25) is 0 Å². The highest BCUT2D eigenvalue weighted by Gasteiger charge is 2.30. The van der Waals surface area contributed by atoms with Crippen molar-refractivity contribution in [3.05, 3.63) is 94.9 Å². The lowest BCUT2D eigenvalue weighted by Gasteiger charge is -2.33. The highest BCUT2D eigenvalue weighted by atomic mass is 19.4. The molecule has 0 saturated heterocycles. The Bertz CT molecular complexity index is 1070. The van der Waals surface area contributed by atoms with Crippen LogP contribution in [-0.4, -0.2) is 16.8 Å². The van der Waals surface area contributed by atoms with Crippen LogP contribution >= 0.6 is 0 Å². The zero-order valence-electron chi connectivity index (χ0n) is 19.0. The maximum Gasteiger partial charge on any atom is 0.416 e. The zero-order valence-corrected chi connectivity index (χ0v) is 19.0. The third-order valence-corrected chi connectivity index (χ3v) is 6.27. The molecule has 180 valence electrons. The molecule has 0 radical (unpaired) electrons. The van der Waals surface area contributed by atoms with E-state index < -0.39 is 17.6 Å². The van der Waals surface area contributed by atoms with Gasteiger partial charge in [-0.1, -0.05) is 61.7 Å². The SMILES string of the molecule is O=C(NCc1cccc(C(F)(F)F)c1)c1ccc(CN(Cc2ccccc2)C2CCCCC2)o1. The summed E-state index contributed by atoms with van der Waals surface area (Å²) in [5, 5.41) is 2.65. The summed E-state index contributed by atoms with van der Waals surface area (Å²) in [5.41, 5.74) is 0.876. The molecular weight excluding hydrogens is 441 g/mol. The van der Waals surface area contributed by atoms with E-state index in [9.17, 15) is 18.0 Å². The minimum absolute atomic E-state index is 0.0129. The second-order valence-electron chi connectivity index (χ2n) is 8.83. The molecule has 1 heterocycles. The van der Waals surface area contributed by atoms with Gasteiger partial charge in [0.15, 0.2) is 5.76 Å². The first-order chi connectivity index (χ1) is 16.4. The molecule has 0 atom stereocenters. The number of rotatable bonds is 8. The van der Waals surface area contributed by atoms with Gasteiger partial charge < -0.3 is 9.73 Å². The molecule has 0 aliphatic heterocycles. The van der Waals surface area contributed by atoms with Crippen LogP contribution in [0.1, 0.15) is 65.1 Å². The number of nitrogens with zero attached hydrogens (tertiary/aromatic N) is 1. The van der Waals surface area contributed by atoms with Crippen LogP contribution in [0.4, 0.5) is 13.2 Å². The van der Waals surface area contributed by atoms with Gasteiger partial charge in [-0.3, -0.25) is 9.69 Å². The Kier molecular flexibility index (Phi) is 7.73. The third kappa shape index (κ3) is 6.50. The number of alkyl halides is 3. The molecular formula is C27H29F3N2O2. The van der Waals surface area contributed by atoms with Gasteiger partial charge in [-0.2, -0.15) is 13.2 Å². The Morgan fingerprint density at radius 1 is 0.912 bits per heavy atom. The Labute approximate surface area is 197 Å². The summed E-state index contributed by atoms with van der Waals surface area (Å²) >= 11 is 0. The quantitative estimate of drug-likeness (QED) is 0.405. The smallest absolute Gasteiger partial charge is 0.416 e. The monoisotopic (exact) mass is 470 g/mol. The van der Waals surface area contributed by atoms with Crippen LogP contribution in [0.3, 0.4) is 0 Å². The zero-order chi connectivity index (χ0) is 24.0. The first-order valence-electron chi connectivity index (χ1n) is 11.7. The van der Waals surface area contributed by atoms with Crippen molar-refractivity contribution in [2.24, 2.45) is 0 Å². The first-order valence-corrected chi connectivity index (χ1v) is 11.7. The third-order valence-electron chi connectivity index (χ3n) is 6.27. The number of carbonyl (C=O) groups excluding carboxylic acids is 1. The van der Waals surface area contributed by atoms with E-state index in [4.69, 9.17) is 4.42 Å². The Morgan fingerprint density at radius 2 is 1.65 bits per heavy atom. The molecule has 2 aromatic carbocycles. The maximum absolute atomic E-state index is 12.9. The lowest BCUT2D eigenvalue weighted by atomic mass is 9.93. The average molecular weight is 471 g/mol. The van der Waals surface area contributed by atoms with Crippen molar-refractivity contribution in [2.45, 2.75) is 64.0 Å². The summed E-state index contributed by atoms with van der Waals surface area (Å²) in [6.45, 7) is 1.39. The number of carbonyl (C=O) groups is 1. The normalized spacial score (nSPS) is 14.9. The lowest BCUT2D eigenvalue weighted by molar-refractivity contribution is -0.137. The van der Waals surface area contributed by atoms with Crippen LogP contribution in [0.2, 0.25) is 0 Å². The van der Waals surface area contributed by atoms with Crippen LogP contribution < -0.4 is 5.32 Å². The predicted octanol–water partition coefficient (Wildman–Crippen LogP) is 6.56. The maximum atomic E-state index is 12.9. The fourth-order valence-corrected chi connectivity index (χ4v) is 4.49. The fraction of sp³-hybridized carbons (Fsp3) is 0.370. The van der Waals surface area contributed by atoms with Crippen molar-refractivity contribution in [1.82, 2.24) is 10.2 Å². The van der Waals surface area contributed by atoms with E-state index in [0.29, 0.717) is 23.9 Å². The van der Waals surface area contributed by atoms with E-state index in [1.54, 1.807) is 18.2 Å².